The van der Waals surface area contributed by atoms with Crippen LogP contribution in [0.1, 0.15) is 24.5 Å². The summed E-state index contributed by atoms with van der Waals surface area (Å²) >= 11 is 5.96. The molecule has 1 aliphatic rings. The lowest BCUT2D eigenvalue weighted by Crippen LogP contribution is -2.07. The Balaban J connectivity index is 1.92. The van der Waals surface area contributed by atoms with Crippen molar-refractivity contribution in [3.63, 3.8) is 0 Å². The van der Waals surface area contributed by atoms with Crippen LogP contribution in [0.5, 0.6) is 11.5 Å². The van der Waals surface area contributed by atoms with Gasteiger partial charge in [-0.25, -0.2) is 9.79 Å². The molecule has 2 aromatic carbocycles. The monoisotopic (exact) mass is 385 g/mol. The van der Waals surface area contributed by atoms with Crippen LogP contribution in [0, 0.1) is 0 Å². The second-order valence-electron chi connectivity index (χ2n) is 5.58. The highest BCUT2D eigenvalue weighted by atomic mass is 35.5. The highest BCUT2D eigenvalue weighted by Gasteiger charge is 2.24. The van der Waals surface area contributed by atoms with Crippen molar-refractivity contribution in [1.82, 2.24) is 0 Å². The topological polar surface area (TPSA) is 74.2 Å². The predicted octanol–water partition coefficient (Wildman–Crippen LogP) is 4.01. The number of halogens is 1. The van der Waals surface area contributed by atoms with E-state index in [1.165, 1.54) is 7.11 Å². The van der Waals surface area contributed by atoms with Gasteiger partial charge in [0.2, 0.25) is 5.90 Å². The van der Waals surface area contributed by atoms with E-state index in [1.54, 1.807) is 55.5 Å². The second-order valence-corrected chi connectivity index (χ2v) is 6.02. The number of benzene rings is 2. The molecule has 138 valence electrons. The predicted molar refractivity (Wildman–Crippen MR) is 101 cm³/mol. The molecule has 0 fully saturated rings. The fraction of sp³-hybridized carbons (Fsp3) is 0.150. The van der Waals surface area contributed by atoms with Gasteiger partial charge in [-0.1, -0.05) is 30.7 Å². The minimum absolute atomic E-state index is 0.128. The zero-order valence-electron chi connectivity index (χ0n) is 14.7. The number of cyclic esters (lactones) is 1. The summed E-state index contributed by atoms with van der Waals surface area (Å²) in [5, 5.41) is 0.515. The standard InChI is InChI=1S/C20H16ClNO5/c1-3-18(23)26-17-10-12(7-8-16(17)25-2)9-15-20(24)27-19(22-15)13-5-4-6-14(21)11-13/h4-11H,3H2,1-2H3/b15-9-. The van der Waals surface area contributed by atoms with Crippen LogP contribution in [0.15, 0.2) is 53.2 Å². The van der Waals surface area contributed by atoms with Gasteiger partial charge < -0.3 is 14.2 Å². The van der Waals surface area contributed by atoms with Crippen LogP contribution in [-0.4, -0.2) is 24.9 Å². The molecule has 0 amide bonds. The fourth-order valence-electron chi connectivity index (χ4n) is 2.37. The van der Waals surface area contributed by atoms with Crippen LogP contribution in [0.25, 0.3) is 6.08 Å². The van der Waals surface area contributed by atoms with Crippen LogP contribution in [0.3, 0.4) is 0 Å². The molecule has 6 nitrogen and oxygen atoms in total. The largest absolute Gasteiger partial charge is 0.493 e. The van der Waals surface area contributed by atoms with Gasteiger partial charge in [0.05, 0.1) is 7.11 Å². The van der Waals surface area contributed by atoms with E-state index in [4.69, 9.17) is 25.8 Å². The summed E-state index contributed by atoms with van der Waals surface area (Å²) in [4.78, 5) is 27.9. The van der Waals surface area contributed by atoms with Crippen molar-refractivity contribution in [3.05, 3.63) is 64.3 Å². The van der Waals surface area contributed by atoms with E-state index in [2.05, 4.69) is 4.99 Å². The molecule has 0 atom stereocenters. The highest BCUT2D eigenvalue weighted by Crippen LogP contribution is 2.30. The highest BCUT2D eigenvalue weighted by molar-refractivity contribution is 6.31. The third-order valence-electron chi connectivity index (χ3n) is 3.70. The van der Waals surface area contributed by atoms with Crippen molar-refractivity contribution in [1.29, 1.82) is 0 Å². The molecule has 0 saturated heterocycles. The Morgan fingerprint density at radius 3 is 2.74 bits per heavy atom. The molecular formula is C20H16ClNO5. The van der Waals surface area contributed by atoms with Gasteiger partial charge >= 0.3 is 11.9 Å². The summed E-state index contributed by atoms with van der Waals surface area (Å²) in [6.45, 7) is 1.70. The maximum absolute atomic E-state index is 12.1. The first-order valence-electron chi connectivity index (χ1n) is 8.17. The minimum atomic E-state index is -0.576. The number of carbonyl (C=O) groups is 2. The number of ether oxygens (including phenoxy) is 3. The molecule has 0 N–H and O–H groups in total. The van der Waals surface area contributed by atoms with Gasteiger partial charge in [-0.15, -0.1) is 0 Å². The molecule has 0 aliphatic carbocycles. The fourth-order valence-corrected chi connectivity index (χ4v) is 2.56. The zero-order chi connectivity index (χ0) is 19.4. The van der Waals surface area contributed by atoms with Crippen LogP contribution < -0.4 is 9.47 Å². The maximum atomic E-state index is 12.1. The quantitative estimate of drug-likeness (QED) is 0.441. The molecular weight excluding hydrogens is 370 g/mol. The number of hydrogen-bond acceptors (Lipinski definition) is 6. The third-order valence-corrected chi connectivity index (χ3v) is 3.93. The Kier molecular flexibility index (Phi) is 5.57. The van der Waals surface area contributed by atoms with E-state index in [9.17, 15) is 9.59 Å². The average Bonchev–Trinajstić information content (AvgIpc) is 3.02. The molecule has 1 aliphatic heterocycles. The van der Waals surface area contributed by atoms with Crippen LogP contribution in [0.2, 0.25) is 5.02 Å². The summed E-state index contributed by atoms with van der Waals surface area (Å²) < 4.78 is 15.7. The first kappa shape index (κ1) is 18.7. The minimum Gasteiger partial charge on any atom is -0.493 e. The van der Waals surface area contributed by atoms with Crippen molar-refractivity contribution >= 4 is 35.5 Å². The van der Waals surface area contributed by atoms with Crippen molar-refractivity contribution in [2.75, 3.05) is 7.11 Å². The van der Waals surface area contributed by atoms with Gasteiger partial charge in [-0.2, -0.15) is 0 Å². The van der Waals surface area contributed by atoms with Gasteiger partial charge in [0.25, 0.3) is 0 Å². The molecule has 3 rings (SSSR count). The number of esters is 2. The number of rotatable bonds is 5. The normalized spacial score (nSPS) is 14.7. The molecule has 0 spiro atoms. The summed E-state index contributed by atoms with van der Waals surface area (Å²) in [7, 11) is 1.48. The summed E-state index contributed by atoms with van der Waals surface area (Å²) in [5.41, 5.74) is 1.34. The lowest BCUT2D eigenvalue weighted by molar-refractivity contribution is -0.134. The first-order valence-corrected chi connectivity index (χ1v) is 8.55. The van der Waals surface area contributed by atoms with Crippen molar-refractivity contribution in [2.45, 2.75) is 13.3 Å². The number of aliphatic imine (C=N–C) groups is 1. The Labute approximate surface area is 161 Å². The van der Waals surface area contributed by atoms with E-state index < -0.39 is 5.97 Å². The third kappa shape index (κ3) is 4.35. The average molecular weight is 386 g/mol. The van der Waals surface area contributed by atoms with E-state index in [1.807, 2.05) is 0 Å². The Morgan fingerprint density at radius 1 is 1.22 bits per heavy atom. The molecule has 0 aromatic heterocycles. The summed E-state index contributed by atoms with van der Waals surface area (Å²) in [6.07, 6.45) is 1.77. The SMILES string of the molecule is CCC(=O)Oc1cc(/C=C2\N=C(c3cccc(Cl)c3)OC2=O)ccc1OC. The maximum Gasteiger partial charge on any atom is 0.363 e. The molecule has 0 unspecified atom stereocenters. The first-order chi connectivity index (χ1) is 13.0. The van der Waals surface area contributed by atoms with Gasteiger partial charge in [-0.3, -0.25) is 4.79 Å². The number of nitrogens with zero attached hydrogens (tertiary/aromatic N) is 1. The summed E-state index contributed by atoms with van der Waals surface area (Å²) in [5.74, 6) is -0.104. The van der Waals surface area contributed by atoms with Gasteiger partial charge in [-0.05, 0) is 42.0 Å². The second kappa shape index (κ2) is 8.05. The van der Waals surface area contributed by atoms with Crippen molar-refractivity contribution in [2.24, 2.45) is 4.99 Å². The van der Waals surface area contributed by atoms with Gasteiger partial charge in [0, 0.05) is 17.0 Å². The van der Waals surface area contributed by atoms with Crippen molar-refractivity contribution < 1.29 is 23.8 Å². The van der Waals surface area contributed by atoms with E-state index in [0.29, 0.717) is 21.9 Å². The molecule has 7 heteroatoms. The molecule has 0 bridgehead atoms. The Bertz CT molecular complexity index is 965. The van der Waals surface area contributed by atoms with Gasteiger partial charge in [0.1, 0.15) is 0 Å². The van der Waals surface area contributed by atoms with E-state index >= 15 is 0 Å². The van der Waals surface area contributed by atoms with Gasteiger partial charge in [0.15, 0.2) is 17.2 Å². The molecule has 0 radical (unpaired) electrons. The number of hydrogen-bond donors (Lipinski definition) is 0. The molecule has 0 saturated carbocycles. The van der Waals surface area contributed by atoms with Crippen LogP contribution >= 0.6 is 11.6 Å². The van der Waals surface area contributed by atoms with Crippen molar-refractivity contribution in [3.8, 4) is 11.5 Å². The Hall–Kier alpha value is -3.12. The Morgan fingerprint density at radius 2 is 2.04 bits per heavy atom. The molecule has 1 heterocycles. The molecule has 27 heavy (non-hydrogen) atoms. The number of carbonyl (C=O) groups excluding carboxylic acids is 2. The zero-order valence-corrected chi connectivity index (χ0v) is 15.4. The number of methoxy groups -OCH3 is 1. The smallest absolute Gasteiger partial charge is 0.363 e. The van der Waals surface area contributed by atoms with E-state index in [0.717, 1.165) is 0 Å². The lowest BCUT2D eigenvalue weighted by atomic mass is 10.1. The summed E-state index contributed by atoms with van der Waals surface area (Å²) in [6, 6.07) is 11.8. The van der Waals surface area contributed by atoms with E-state index in [-0.39, 0.29) is 29.7 Å². The lowest BCUT2D eigenvalue weighted by Gasteiger charge is -2.09. The molecule has 2 aromatic rings. The van der Waals surface area contributed by atoms with Crippen LogP contribution in [0.4, 0.5) is 0 Å². The van der Waals surface area contributed by atoms with Crippen LogP contribution in [-0.2, 0) is 14.3 Å².